The van der Waals surface area contributed by atoms with Gasteiger partial charge in [0.25, 0.3) is 5.91 Å². The average molecular weight is 310 g/mol. The number of aromatic nitrogens is 1. The van der Waals surface area contributed by atoms with Crippen molar-refractivity contribution in [1.82, 2.24) is 10.3 Å². The lowest BCUT2D eigenvalue weighted by Crippen LogP contribution is -2.26. The van der Waals surface area contributed by atoms with E-state index < -0.39 is 0 Å². The smallest absolute Gasteiger partial charge is 0.251 e. The Balaban J connectivity index is 1.72. The normalized spacial score (nSPS) is 10.9. The van der Waals surface area contributed by atoms with Gasteiger partial charge in [-0.3, -0.25) is 4.79 Å². The molecule has 118 valence electrons. The number of benzene rings is 2. The van der Waals surface area contributed by atoms with Gasteiger partial charge in [-0.15, -0.1) is 0 Å². The highest BCUT2D eigenvalue weighted by Crippen LogP contribution is 2.23. The maximum Gasteiger partial charge on any atom is 0.251 e. The van der Waals surface area contributed by atoms with Gasteiger partial charge >= 0.3 is 0 Å². The molecule has 0 bridgehead atoms. The Morgan fingerprint density at radius 3 is 2.74 bits per heavy atom. The van der Waals surface area contributed by atoms with Gasteiger partial charge in [0, 0.05) is 28.7 Å². The van der Waals surface area contributed by atoms with Crippen LogP contribution in [0.2, 0.25) is 0 Å². The van der Waals surface area contributed by atoms with Crippen molar-refractivity contribution >= 4 is 16.8 Å². The van der Waals surface area contributed by atoms with Gasteiger partial charge < -0.3 is 10.3 Å². The minimum absolute atomic E-state index is 0.0771. The van der Waals surface area contributed by atoms with Crippen LogP contribution in [0.25, 0.3) is 10.9 Å². The zero-order valence-electron chi connectivity index (χ0n) is 13.2. The second-order valence-electron chi connectivity index (χ2n) is 5.74. The fourth-order valence-electron chi connectivity index (χ4n) is 2.90. The topological polar surface area (TPSA) is 44.9 Å². The van der Waals surface area contributed by atoms with Crippen LogP contribution in [0.3, 0.4) is 0 Å². The Kier molecular flexibility index (Phi) is 4.15. The van der Waals surface area contributed by atoms with Crippen LogP contribution in [0.15, 0.2) is 42.5 Å². The maximum atomic E-state index is 13.5. The van der Waals surface area contributed by atoms with Crippen LogP contribution < -0.4 is 5.32 Å². The number of carbonyl (C=O) groups is 1. The van der Waals surface area contributed by atoms with E-state index in [-0.39, 0.29) is 11.7 Å². The van der Waals surface area contributed by atoms with Gasteiger partial charge in [-0.1, -0.05) is 18.2 Å². The molecule has 23 heavy (non-hydrogen) atoms. The third-order valence-corrected chi connectivity index (χ3v) is 4.13. The monoisotopic (exact) mass is 310 g/mol. The number of amides is 1. The summed E-state index contributed by atoms with van der Waals surface area (Å²) in [4.78, 5) is 15.5. The van der Waals surface area contributed by atoms with Gasteiger partial charge in [0.1, 0.15) is 5.82 Å². The Hall–Kier alpha value is -2.62. The lowest BCUT2D eigenvalue weighted by atomic mass is 10.1. The summed E-state index contributed by atoms with van der Waals surface area (Å²) in [6.07, 6.45) is 0.660. The molecule has 4 heteroatoms. The van der Waals surface area contributed by atoms with Crippen molar-refractivity contribution in [3.05, 3.63) is 70.7 Å². The summed E-state index contributed by atoms with van der Waals surface area (Å²) in [6.45, 7) is 4.40. The van der Waals surface area contributed by atoms with Gasteiger partial charge in [-0.25, -0.2) is 4.39 Å². The molecule has 0 aliphatic rings. The molecule has 0 atom stereocenters. The molecule has 0 fully saturated rings. The number of rotatable bonds is 4. The summed E-state index contributed by atoms with van der Waals surface area (Å²) < 4.78 is 13.5. The molecule has 0 aliphatic carbocycles. The first-order chi connectivity index (χ1) is 11.1. The van der Waals surface area contributed by atoms with E-state index in [4.69, 9.17) is 0 Å². The predicted octanol–water partition coefficient (Wildman–Crippen LogP) is 3.90. The molecule has 0 spiro atoms. The quantitative estimate of drug-likeness (QED) is 0.754. The largest absolute Gasteiger partial charge is 0.358 e. The SMILES string of the molecule is Cc1ccccc1C(=O)NCCc1c(C)[nH]c2ccc(F)cc12. The van der Waals surface area contributed by atoms with E-state index in [0.29, 0.717) is 18.5 Å². The highest BCUT2D eigenvalue weighted by atomic mass is 19.1. The number of aryl methyl sites for hydroxylation is 2. The standard InChI is InChI=1S/C19H19FN2O/c1-12-5-3-4-6-15(12)19(23)21-10-9-16-13(2)22-18-8-7-14(20)11-17(16)18/h3-8,11,22H,9-10H2,1-2H3,(H,21,23). The number of carbonyl (C=O) groups excluding carboxylic acids is 1. The predicted molar refractivity (Wildman–Crippen MR) is 90.2 cm³/mol. The maximum absolute atomic E-state index is 13.5. The van der Waals surface area contributed by atoms with Crippen molar-refractivity contribution in [3.8, 4) is 0 Å². The second-order valence-corrected chi connectivity index (χ2v) is 5.74. The van der Waals surface area contributed by atoms with Crippen molar-refractivity contribution in [1.29, 1.82) is 0 Å². The fraction of sp³-hybridized carbons (Fsp3) is 0.211. The number of hydrogen-bond acceptors (Lipinski definition) is 1. The van der Waals surface area contributed by atoms with E-state index in [1.54, 1.807) is 6.07 Å². The first-order valence-corrected chi connectivity index (χ1v) is 7.67. The Morgan fingerprint density at radius 2 is 1.96 bits per heavy atom. The molecule has 2 N–H and O–H groups in total. The first-order valence-electron chi connectivity index (χ1n) is 7.67. The average Bonchev–Trinajstić information content (AvgIpc) is 2.83. The van der Waals surface area contributed by atoms with Crippen molar-refractivity contribution in [3.63, 3.8) is 0 Å². The molecule has 0 saturated heterocycles. The highest BCUT2D eigenvalue weighted by Gasteiger charge is 2.11. The lowest BCUT2D eigenvalue weighted by Gasteiger charge is -2.08. The van der Waals surface area contributed by atoms with E-state index in [1.807, 2.05) is 38.1 Å². The number of hydrogen-bond donors (Lipinski definition) is 2. The number of H-pyrrole nitrogens is 1. The highest BCUT2D eigenvalue weighted by molar-refractivity contribution is 5.95. The van der Waals surface area contributed by atoms with Gasteiger partial charge in [-0.2, -0.15) is 0 Å². The molecular weight excluding hydrogens is 291 g/mol. The van der Waals surface area contributed by atoms with Gasteiger partial charge in [0.15, 0.2) is 0 Å². The molecule has 1 aromatic heterocycles. The minimum Gasteiger partial charge on any atom is -0.358 e. The van der Waals surface area contributed by atoms with Crippen molar-refractivity contribution in [2.24, 2.45) is 0 Å². The van der Waals surface area contributed by atoms with Crippen LogP contribution in [0.5, 0.6) is 0 Å². The number of nitrogens with one attached hydrogen (secondary N) is 2. The van der Waals surface area contributed by atoms with Crippen LogP contribution in [0, 0.1) is 19.7 Å². The summed E-state index contributed by atoms with van der Waals surface area (Å²) >= 11 is 0. The molecule has 3 rings (SSSR count). The minimum atomic E-state index is -0.248. The lowest BCUT2D eigenvalue weighted by molar-refractivity contribution is 0.0953. The molecule has 0 unspecified atom stereocenters. The van der Waals surface area contributed by atoms with E-state index in [9.17, 15) is 9.18 Å². The second kappa shape index (κ2) is 6.24. The molecule has 0 aliphatic heterocycles. The summed E-state index contributed by atoms with van der Waals surface area (Å²) in [7, 11) is 0. The third-order valence-electron chi connectivity index (χ3n) is 4.13. The van der Waals surface area contributed by atoms with Crippen molar-refractivity contribution < 1.29 is 9.18 Å². The van der Waals surface area contributed by atoms with Crippen LogP contribution in [-0.4, -0.2) is 17.4 Å². The Bertz CT molecular complexity index is 867. The summed E-state index contributed by atoms with van der Waals surface area (Å²) in [5, 5.41) is 3.82. The molecular formula is C19H19FN2O. The van der Waals surface area contributed by atoms with E-state index in [1.165, 1.54) is 12.1 Å². The zero-order chi connectivity index (χ0) is 16.4. The molecule has 3 aromatic rings. The Labute approximate surface area is 134 Å². The molecule has 1 heterocycles. The van der Waals surface area contributed by atoms with Crippen molar-refractivity contribution in [2.75, 3.05) is 6.54 Å². The summed E-state index contributed by atoms with van der Waals surface area (Å²) in [5.74, 6) is -0.325. The molecule has 0 radical (unpaired) electrons. The first kappa shape index (κ1) is 15.3. The Morgan fingerprint density at radius 1 is 1.17 bits per heavy atom. The van der Waals surface area contributed by atoms with Gasteiger partial charge in [0.05, 0.1) is 0 Å². The van der Waals surface area contributed by atoms with Crippen LogP contribution in [0.4, 0.5) is 4.39 Å². The number of fused-ring (bicyclic) bond motifs is 1. The van der Waals surface area contributed by atoms with E-state index in [2.05, 4.69) is 10.3 Å². The van der Waals surface area contributed by atoms with Gasteiger partial charge in [0.2, 0.25) is 0 Å². The van der Waals surface area contributed by atoms with E-state index >= 15 is 0 Å². The molecule has 1 amide bonds. The summed E-state index contributed by atoms with van der Waals surface area (Å²) in [5.41, 5.74) is 4.62. The van der Waals surface area contributed by atoms with Crippen LogP contribution >= 0.6 is 0 Å². The third kappa shape index (κ3) is 3.11. The van der Waals surface area contributed by atoms with Gasteiger partial charge in [-0.05, 0) is 55.7 Å². The fourth-order valence-corrected chi connectivity index (χ4v) is 2.90. The molecule has 0 saturated carbocycles. The summed E-state index contributed by atoms with van der Waals surface area (Å²) in [6, 6.07) is 12.2. The van der Waals surface area contributed by atoms with Crippen LogP contribution in [0.1, 0.15) is 27.2 Å². The van der Waals surface area contributed by atoms with Crippen LogP contribution in [-0.2, 0) is 6.42 Å². The number of halogens is 1. The van der Waals surface area contributed by atoms with Crippen molar-refractivity contribution in [2.45, 2.75) is 20.3 Å². The van der Waals surface area contributed by atoms with E-state index in [0.717, 1.165) is 27.7 Å². The number of aromatic amines is 1. The molecule has 3 nitrogen and oxygen atoms in total. The molecule has 2 aromatic carbocycles. The zero-order valence-corrected chi connectivity index (χ0v) is 13.2.